The summed E-state index contributed by atoms with van der Waals surface area (Å²) in [5.41, 5.74) is 2.07. The number of hydrogen-bond donors (Lipinski definition) is 2. The molecule has 98 valence electrons. The molecule has 1 aliphatic rings. The Hall–Kier alpha value is -2.23. The number of aryl methyl sites for hydroxylation is 1. The zero-order valence-electron chi connectivity index (χ0n) is 10.8. The van der Waals surface area contributed by atoms with Gasteiger partial charge in [0.05, 0.1) is 0 Å². The second kappa shape index (κ2) is 4.46. The van der Waals surface area contributed by atoms with Crippen molar-refractivity contribution in [3.05, 3.63) is 47.8 Å². The number of carbonyl (C=O) groups excluding carboxylic acids is 1. The number of phenolic OH excluding ortho intramolecular Hbond substituents is 1. The molecule has 2 aromatic rings. The van der Waals surface area contributed by atoms with E-state index in [1.54, 1.807) is 18.2 Å². The van der Waals surface area contributed by atoms with Gasteiger partial charge in [-0.1, -0.05) is 6.07 Å². The van der Waals surface area contributed by atoms with Crippen LogP contribution in [0.1, 0.15) is 34.9 Å². The van der Waals surface area contributed by atoms with Gasteiger partial charge in [-0.05, 0) is 43.5 Å². The van der Waals surface area contributed by atoms with E-state index in [1.165, 1.54) is 0 Å². The highest BCUT2D eigenvalue weighted by Crippen LogP contribution is 2.36. The number of amides is 1. The fourth-order valence-electron chi connectivity index (χ4n) is 2.14. The topological polar surface area (TPSA) is 54.3 Å². The quantitative estimate of drug-likeness (QED) is 0.886. The molecule has 3 rings (SSSR count). The van der Waals surface area contributed by atoms with Crippen LogP contribution in [0.2, 0.25) is 0 Å². The van der Waals surface area contributed by atoms with Gasteiger partial charge in [-0.3, -0.25) is 4.79 Å². The minimum Gasteiger partial charge on any atom is -0.508 e. The highest BCUT2D eigenvalue weighted by molar-refractivity contribution is 6.03. The van der Waals surface area contributed by atoms with Crippen LogP contribution >= 0.6 is 0 Å². The standard InChI is InChI=1S/C15H16N2O2/c1-10-4-5-11(9-14(10)18)16-15(19)13-3-2-8-17(13)12-6-7-12/h2-5,8-9,12,18H,6-7H2,1H3,(H,16,19). The lowest BCUT2D eigenvalue weighted by molar-refractivity contribution is 0.101. The van der Waals surface area contributed by atoms with E-state index in [9.17, 15) is 9.90 Å². The van der Waals surface area contributed by atoms with Crippen molar-refractivity contribution in [2.75, 3.05) is 5.32 Å². The third-order valence-electron chi connectivity index (χ3n) is 3.42. The first-order valence-electron chi connectivity index (χ1n) is 6.43. The molecule has 0 saturated heterocycles. The maximum atomic E-state index is 12.2. The molecule has 1 aromatic carbocycles. The largest absolute Gasteiger partial charge is 0.508 e. The van der Waals surface area contributed by atoms with Gasteiger partial charge in [-0.15, -0.1) is 0 Å². The Bertz CT molecular complexity index is 627. The predicted octanol–water partition coefficient (Wildman–Crippen LogP) is 3.09. The maximum absolute atomic E-state index is 12.2. The molecule has 4 heteroatoms. The Morgan fingerprint density at radius 2 is 2.16 bits per heavy atom. The number of anilines is 1. The average Bonchev–Trinajstić information content (AvgIpc) is 3.11. The lowest BCUT2D eigenvalue weighted by Gasteiger charge is -2.09. The highest BCUT2D eigenvalue weighted by atomic mass is 16.3. The van der Waals surface area contributed by atoms with Crippen LogP contribution in [0.4, 0.5) is 5.69 Å². The second-order valence-corrected chi connectivity index (χ2v) is 4.99. The first-order chi connectivity index (χ1) is 9.15. The van der Waals surface area contributed by atoms with Gasteiger partial charge in [0.25, 0.3) is 5.91 Å². The van der Waals surface area contributed by atoms with E-state index >= 15 is 0 Å². The molecular weight excluding hydrogens is 240 g/mol. The van der Waals surface area contributed by atoms with Crippen molar-refractivity contribution in [1.29, 1.82) is 0 Å². The van der Waals surface area contributed by atoms with Crippen molar-refractivity contribution in [3.63, 3.8) is 0 Å². The first-order valence-corrected chi connectivity index (χ1v) is 6.43. The number of nitrogens with zero attached hydrogens (tertiary/aromatic N) is 1. The molecule has 0 atom stereocenters. The Morgan fingerprint density at radius 1 is 1.37 bits per heavy atom. The zero-order chi connectivity index (χ0) is 13.4. The van der Waals surface area contributed by atoms with Crippen molar-refractivity contribution in [3.8, 4) is 5.75 Å². The van der Waals surface area contributed by atoms with E-state index in [0.29, 0.717) is 17.4 Å². The monoisotopic (exact) mass is 256 g/mol. The first kappa shape index (κ1) is 11.8. The number of carbonyl (C=O) groups is 1. The summed E-state index contributed by atoms with van der Waals surface area (Å²) >= 11 is 0. The van der Waals surface area contributed by atoms with Crippen molar-refractivity contribution in [2.45, 2.75) is 25.8 Å². The molecule has 1 amide bonds. The molecule has 0 bridgehead atoms. The number of benzene rings is 1. The summed E-state index contributed by atoms with van der Waals surface area (Å²) in [6.07, 6.45) is 4.22. The third kappa shape index (κ3) is 2.34. The number of rotatable bonds is 3. The fourth-order valence-corrected chi connectivity index (χ4v) is 2.14. The van der Waals surface area contributed by atoms with Gasteiger partial charge in [-0.25, -0.2) is 0 Å². The molecule has 1 heterocycles. The van der Waals surface area contributed by atoms with Gasteiger partial charge in [0, 0.05) is 24.0 Å². The molecule has 0 aliphatic heterocycles. The van der Waals surface area contributed by atoms with Crippen LogP contribution in [-0.4, -0.2) is 15.6 Å². The zero-order valence-corrected chi connectivity index (χ0v) is 10.8. The van der Waals surface area contributed by atoms with Crippen LogP contribution < -0.4 is 5.32 Å². The minimum atomic E-state index is -0.139. The van der Waals surface area contributed by atoms with Crippen LogP contribution in [-0.2, 0) is 0 Å². The van der Waals surface area contributed by atoms with Crippen LogP contribution in [0.3, 0.4) is 0 Å². The van der Waals surface area contributed by atoms with E-state index < -0.39 is 0 Å². The molecule has 1 aromatic heterocycles. The van der Waals surface area contributed by atoms with Gasteiger partial charge < -0.3 is 15.0 Å². The van der Waals surface area contributed by atoms with Gasteiger partial charge >= 0.3 is 0 Å². The van der Waals surface area contributed by atoms with E-state index in [1.807, 2.05) is 29.8 Å². The Balaban J connectivity index is 1.80. The van der Waals surface area contributed by atoms with Crippen LogP contribution in [0.25, 0.3) is 0 Å². The summed E-state index contributed by atoms with van der Waals surface area (Å²) in [6, 6.07) is 9.32. The molecular formula is C15H16N2O2. The van der Waals surface area contributed by atoms with E-state index in [-0.39, 0.29) is 11.7 Å². The third-order valence-corrected chi connectivity index (χ3v) is 3.42. The van der Waals surface area contributed by atoms with Crippen molar-refractivity contribution < 1.29 is 9.90 Å². The second-order valence-electron chi connectivity index (χ2n) is 4.99. The number of nitrogens with one attached hydrogen (secondary N) is 1. The molecule has 0 spiro atoms. The molecule has 1 aliphatic carbocycles. The smallest absolute Gasteiger partial charge is 0.272 e. The van der Waals surface area contributed by atoms with Gasteiger partial charge in [-0.2, -0.15) is 0 Å². The van der Waals surface area contributed by atoms with Gasteiger partial charge in [0.15, 0.2) is 0 Å². The highest BCUT2D eigenvalue weighted by Gasteiger charge is 2.26. The summed E-state index contributed by atoms with van der Waals surface area (Å²) in [5, 5.41) is 12.5. The summed E-state index contributed by atoms with van der Waals surface area (Å²) in [4.78, 5) is 12.2. The lowest BCUT2D eigenvalue weighted by atomic mass is 10.2. The summed E-state index contributed by atoms with van der Waals surface area (Å²) in [5.74, 6) is 0.0514. The normalized spacial score (nSPS) is 14.4. The molecule has 1 saturated carbocycles. The van der Waals surface area contributed by atoms with Crippen molar-refractivity contribution in [2.24, 2.45) is 0 Å². The van der Waals surface area contributed by atoms with E-state index in [2.05, 4.69) is 5.32 Å². The predicted molar refractivity (Wildman–Crippen MR) is 73.5 cm³/mol. The Kier molecular flexibility index (Phi) is 2.78. The summed E-state index contributed by atoms with van der Waals surface area (Å²) in [7, 11) is 0. The van der Waals surface area contributed by atoms with Crippen LogP contribution in [0.5, 0.6) is 5.75 Å². The Morgan fingerprint density at radius 3 is 2.84 bits per heavy atom. The maximum Gasteiger partial charge on any atom is 0.272 e. The number of hydrogen-bond acceptors (Lipinski definition) is 2. The number of aromatic hydroxyl groups is 1. The minimum absolute atomic E-state index is 0.139. The van der Waals surface area contributed by atoms with Gasteiger partial charge in [0.1, 0.15) is 11.4 Å². The van der Waals surface area contributed by atoms with Gasteiger partial charge in [0.2, 0.25) is 0 Å². The molecule has 0 unspecified atom stereocenters. The number of aromatic nitrogens is 1. The molecule has 1 fully saturated rings. The van der Waals surface area contributed by atoms with Crippen LogP contribution in [0.15, 0.2) is 36.5 Å². The average molecular weight is 256 g/mol. The molecule has 0 radical (unpaired) electrons. The summed E-state index contributed by atoms with van der Waals surface area (Å²) in [6.45, 7) is 1.82. The van der Waals surface area contributed by atoms with Crippen molar-refractivity contribution >= 4 is 11.6 Å². The summed E-state index contributed by atoms with van der Waals surface area (Å²) < 4.78 is 2.02. The van der Waals surface area contributed by atoms with Crippen molar-refractivity contribution in [1.82, 2.24) is 4.57 Å². The molecule has 2 N–H and O–H groups in total. The number of phenols is 1. The molecule has 19 heavy (non-hydrogen) atoms. The van der Waals surface area contributed by atoms with E-state index in [0.717, 1.165) is 18.4 Å². The van der Waals surface area contributed by atoms with E-state index in [4.69, 9.17) is 0 Å². The SMILES string of the molecule is Cc1ccc(NC(=O)c2cccn2C2CC2)cc1O. The lowest BCUT2D eigenvalue weighted by Crippen LogP contribution is -2.16. The molecule has 4 nitrogen and oxygen atoms in total. The Labute approximate surface area is 111 Å². The fraction of sp³-hybridized carbons (Fsp3) is 0.267. The van der Waals surface area contributed by atoms with Crippen LogP contribution in [0, 0.1) is 6.92 Å².